The topological polar surface area (TPSA) is 32.8 Å². The number of ether oxygens (including phenoxy) is 1. The largest absolute Gasteiger partial charge is 0.383 e. The Kier molecular flexibility index (Phi) is 4.90. The molecule has 1 amide bonds. The van der Waals surface area contributed by atoms with E-state index in [1.54, 1.807) is 12.0 Å². The average molecular weight is 341 g/mol. The minimum atomic E-state index is -0.510. The fourth-order valence-corrected chi connectivity index (χ4v) is 3.89. The second-order valence-corrected chi connectivity index (χ2v) is 6.85. The number of nitrogens with zero attached hydrogens (tertiary/aromatic N) is 2. The Morgan fingerprint density at radius 3 is 2.91 bits per heavy atom. The van der Waals surface area contributed by atoms with E-state index in [4.69, 9.17) is 16.3 Å². The van der Waals surface area contributed by atoms with Gasteiger partial charge in [0.15, 0.2) is 0 Å². The molecule has 1 spiro atoms. The molecule has 3 rings (SSSR count). The zero-order valence-corrected chi connectivity index (χ0v) is 14.1. The van der Waals surface area contributed by atoms with E-state index in [9.17, 15) is 9.18 Å². The number of likely N-dealkylation sites (tertiary alicyclic amines) is 2. The number of halogens is 2. The highest BCUT2D eigenvalue weighted by atomic mass is 35.5. The van der Waals surface area contributed by atoms with E-state index >= 15 is 0 Å². The van der Waals surface area contributed by atoms with Gasteiger partial charge in [-0.15, -0.1) is 0 Å². The van der Waals surface area contributed by atoms with Gasteiger partial charge in [-0.25, -0.2) is 4.39 Å². The smallest absolute Gasteiger partial charge is 0.256 e. The van der Waals surface area contributed by atoms with Crippen LogP contribution in [0.4, 0.5) is 4.39 Å². The van der Waals surface area contributed by atoms with Crippen LogP contribution in [0.15, 0.2) is 18.2 Å². The van der Waals surface area contributed by atoms with Gasteiger partial charge < -0.3 is 9.64 Å². The number of carbonyl (C=O) groups is 1. The first-order valence-corrected chi connectivity index (χ1v) is 8.42. The summed E-state index contributed by atoms with van der Waals surface area (Å²) in [7, 11) is 1.70. The van der Waals surface area contributed by atoms with Gasteiger partial charge in [-0.05, 0) is 37.5 Å². The van der Waals surface area contributed by atoms with E-state index in [2.05, 4.69) is 4.90 Å². The molecule has 1 aromatic carbocycles. The van der Waals surface area contributed by atoms with Crippen LogP contribution in [0.3, 0.4) is 0 Å². The second-order valence-electron chi connectivity index (χ2n) is 6.41. The van der Waals surface area contributed by atoms with E-state index < -0.39 is 5.82 Å². The van der Waals surface area contributed by atoms with Crippen LogP contribution in [0, 0.1) is 5.82 Å². The highest BCUT2D eigenvalue weighted by molar-refractivity contribution is 6.31. The number of piperidine rings is 1. The van der Waals surface area contributed by atoms with Crippen molar-refractivity contribution in [2.75, 3.05) is 39.9 Å². The maximum absolute atomic E-state index is 14.0. The van der Waals surface area contributed by atoms with Crippen LogP contribution in [0.25, 0.3) is 0 Å². The van der Waals surface area contributed by atoms with Gasteiger partial charge in [0.2, 0.25) is 0 Å². The quantitative estimate of drug-likeness (QED) is 0.845. The molecule has 2 fully saturated rings. The Balaban J connectivity index is 1.73. The van der Waals surface area contributed by atoms with Gasteiger partial charge >= 0.3 is 0 Å². The molecule has 1 unspecified atom stereocenters. The molecule has 4 nitrogen and oxygen atoms in total. The van der Waals surface area contributed by atoms with E-state index in [0.29, 0.717) is 24.7 Å². The number of amides is 1. The highest BCUT2D eigenvalue weighted by Crippen LogP contribution is 2.38. The van der Waals surface area contributed by atoms with Crippen LogP contribution in [0.1, 0.15) is 29.6 Å². The first kappa shape index (κ1) is 16.7. The predicted octanol–water partition coefficient (Wildman–Crippen LogP) is 2.81. The maximum atomic E-state index is 14.0. The summed E-state index contributed by atoms with van der Waals surface area (Å²) in [6.07, 6.45) is 3.11. The number of hydrogen-bond donors (Lipinski definition) is 0. The fraction of sp³-hybridized carbons (Fsp3) is 0.588. The Labute approximate surface area is 141 Å². The lowest BCUT2D eigenvalue weighted by atomic mass is 9.77. The number of rotatable bonds is 4. The van der Waals surface area contributed by atoms with E-state index in [-0.39, 0.29) is 17.0 Å². The molecule has 0 aliphatic carbocycles. The molecule has 0 bridgehead atoms. The summed E-state index contributed by atoms with van der Waals surface area (Å²) in [5.41, 5.74) is 0.110. The molecule has 0 N–H and O–H groups in total. The van der Waals surface area contributed by atoms with Crippen LogP contribution in [0.2, 0.25) is 5.02 Å². The SMILES string of the molecule is COCCN1CCC12CCCN(C(=O)c1cc(Cl)ccc1F)C2. The van der Waals surface area contributed by atoms with Crippen LogP contribution in [-0.2, 0) is 4.74 Å². The molecule has 1 atom stereocenters. The van der Waals surface area contributed by atoms with Crippen molar-refractivity contribution in [3.8, 4) is 0 Å². The van der Waals surface area contributed by atoms with Gasteiger partial charge in [0.25, 0.3) is 5.91 Å². The van der Waals surface area contributed by atoms with Gasteiger partial charge in [0, 0.05) is 43.9 Å². The zero-order valence-electron chi connectivity index (χ0n) is 13.4. The molecule has 1 aromatic rings. The summed E-state index contributed by atoms with van der Waals surface area (Å²) in [5, 5.41) is 0.381. The van der Waals surface area contributed by atoms with Crippen LogP contribution < -0.4 is 0 Å². The Morgan fingerprint density at radius 2 is 2.22 bits per heavy atom. The average Bonchev–Trinajstić information content (AvgIpc) is 2.56. The molecule has 6 heteroatoms. The van der Waals surface area contributed by atoms with Crippen molar-refractivity contribution in [2.24, 2.45) is 0 Å². The summed E-state index contributed by atoms with van der Waals surface area (Å²) >= 11 is 5.92. The molecule has 0 aromatic heterocycles. The summed E-state index contributed by atoms with van der Waals surface area (Å²) in [6.45, 7) is 3.94. The summed E-state index contributed by atoms with van der Waals surface area (Å²) < 4.78 is 19.1. The molecular weight excluding hydrogens is 319 g/mol. The van der Waals surface area contributed by atoms with Gasteiger partial charge in [0.05, 0.1) is 12.2 Å². The molecule has 126 valence electrons. The van der Waals surface area contributed by atoms with Crippen molar-refractivity contribution in [3.05, 3.63) is 34.6 Å². The lowest BCUT2D eigenvalue weighted by Gasteiger charge is -2.57. The summed E-state index contributed by atoms with van der Waals surface area (Å²) in [5.74, 6) is -0.772. The molecule has 2 heterocycles. The van der Waals surface area contributed by atoms with Crippen molar-refractivity contribution in [3.63, 3.8) is 0 Å². The lowest BCUT2D eigenvalue weighted by molar-refractivity contribution is -0.0679. The standard InChI is InChI=1S/C17H22ClFN2O2/c1-23-10-9-21-8-6-17(21)5-2-7-20(12-17)16(22)14-11-13(18)3-4-15(14)19/h3-4,11H,2,5-10,12H2,1H3. The minimum Gasteiger partial charge on any atom is -0.383 e. The van der Waals surface area contributed by atoms with Crippen molar-refractivity contribution in [1.82, 2.24) is 9.80 Å². The number of carbonyl (C=O) groups excluding carboxylic acids is 1. The molecular formula is C17H22ClFN2O2. The van der Waals surface area contributed by atoms with Crippen LogP contribution >= 0.6 is 11.6 Å². The molecule has 2 aliphatic heterocycles. The van der Waals surface area contributed by atoms with Crippen molar-refractivity contribution < 1.29 is 13.9 Å². The van der Waals surface area contributed by atoms with E-state index in [0.717, 1.165) is 32.4 Å². The van der Waals surface area contributed by atoms with Crippen LogP contribution in [-0.4, -0.2) is 61.1 Å². The lowest BCUT2D eigenvalue weighted by Crippen LogP contribution is -2.67. The Bertz CT molecular complexity index is 598. The number of hydrogen-bond acceptors (Lipinski definition) is 3. The molecule has 2 saturated heterocycles. The van der Waals surface area contributed by atoms with Gasteiger partial charge in [-0.1, -0.05) is 11.6 Å². The van der Waals surface area contributed by atoms with Crippen molar-refractivity contribution in [1.29, 1.82) is 0 Å². The normalized spacial score (nSPS) is 24.7. The Hall–Kier alpha value is -1.17. The maximum Gasteiger partial charge on any atom is 0.256 e. The first-order chi connectivity index (χ1) is 11.1. The second kappa shape index (κ2) is 6.75. The molecule has 23 heavy (non-hydrogen) atoms. The van der Waals surface area contributed by atoms with Gasteiger partial charge in [0.1, 0.15) is 5.82 Å². The van der Waals surface area contributed by atoms with Crippen molar-refractivity contribution >= 4 is 17.5 Å². The summed E-state index contributed by atoms with van der Waals surface area (Å²) in [6, 6.07) is 4.14. The van der Waals surface area contributed by atoms with E-state index in [1.165, 1.54) is 18.2 Å². The number of benzene rings is 1. The molecule has 0 saturated carbocycles. The third-order valence-electron chi connectivity index (χ3n) is 5.08. The highest BCUT2D eigenvalue weighted by Gasteiger charge is 2.47. The van der Waals surface area contributed by atoms with Gasteiger partial charge in [-0.2, -0.15) is 0 Å². The predicted molar refractivity (Wildman–Crippen MR) is 87.3 cm³/mol. The minimum absolute atomic E-state index is 0.0431. The number of methoxy groups -OCH3 is 1. The monoisotopic (exact) mass is 340 g/mol. The van der Waals surface area contributed by atoms with E-state index in [1.807, 2.05) is 0 Å². The molecule has 0 radical (unpaired) electrons. The fourth-order valence-electron chi connectivity index (χ4n) is 3.72. The van der Waals surface area contributed by atoms with Gasteiger partial charge in [-0.3, -0.25) is 9.69 Å². The van der Waals surface area contributed by atoms with Crippen LogP contribution in [0.5, 0.6) is 0 Å². The first-order valence-electron chi connectivity index (χ1n) is 8.04. The third kappa shape index (κ3) is 3.23. The third-order valence-corrected chi connectivity index (χ3v) is 5.32. The Morgan fingerprint density at radius 1 is 1.39 bits per heavy atom. The van der Waals surface area contributed by atoms with Crippen molar-refractivity contribution in [2.45, 2.75) is 24.8 Å². The molecule has 2 aliphatic rings. The summed E-state index contributed by atoms with van der Waals surface area (Å²) in [4.78, 5) is 16.9. The zero-order chi connectivity index (χ0) is 16.4.